The number of rotatable bonds is 2. The average molecular weight is 268 g/mol. The predicted octanol–water partition coefficient (Wildman–Crippen LogP) is 2.35. The first kappa shape index (κ1) is 13.5. The molecule has 0 aliphatic carbocycles. The minimum atomic E-state index is -3.27. The van der Waals surface area contributed by atoms with Gasteiger partial charge in [0.2, 0.25) is 10.0 Å². The molecule has 0 bridgehead atoms. The molecule has 0 unspecified atom stereocenters. The molecule has 0 spiro atoms. The maximum absolute atomic E-state index is 12.5. The summed E-state index contributed by atoms with van der Waals surface area (Å²) in [5.41, 5.74) is 0.989. The largest absolute Gasteiger partial charge is 0.264 e. The van der Waals surface area contributed by atoms with Gasteiger partial charge in [-0.25, -0.2) is 8.42 Å². The van der Waals surface area contributed by atoms with Gasteiger partial charge in [0.25, 0.3) is 0 Å². The van der Waals surface area contributed by atoms with E-state index in [2.05, 4.69) is 4.98 Å². The van der Waals surface area contributed by atoms with E-state index in [1.54, 1.807) is 37.5 Å². The molecular weight excluding hydrogens is 248 g/mol. The highest BCUT2D eigenvalue weighted by Gasteiger charge is 2.41. The molecule has 4 nitrogen and oxygen atoms in total. The third-order valence-electron chi connectivity index (χ3n) is 3.36. The summed E-state index contributed by atoms with van der Waals surface area (Å²) in [6.07, 6.45) is 5.26. The molecule has 0 saturated carbocycles. The van der Waals surface area contributed by atoms with E-state index >= 15 is 0 Å². The molecule has 0 amide bonds. The van der Waals surface area contributed by atoms with Gasteiger partial charge in [0, 0.05) is 18.9 Å². The van der Waals surface area contributed by atoms with Crippen molar-refractivity contribution in [3.8, 4) is 0 Å². The van der Waals surface area contributed by atoms with Crippen molar-refractivity contribution in [1.29, 1.82) is 0 Å². The Morgan fingerprint density at radius 1 is 1.39 bits per heavy atom. The lowest BCUT2D eigenvalue weighted by molar-refractivity contribution is 0.380. The fourth-order valence-electron chi connectivity index (χ4n) is 2.29. The molecule has 1 aromatic heterocycles. The molecule has 2 rings (SSSR count). The van der Waals surface area contributed by atoms with Gasteiger partial charge in [0.1, 0.15) is 0 Å². The molecule has 0 N–H and O–H groups in total. The molecule has 1 aliphatic rings. The van der Waals surface area contributed by atoms with Crippen molar-refractivity contribution >= 4 is 10.0 Å². The first-order chi connectivity index (χ1) is 8.34. The normalized spacial score (nSPS) is 22.3. The molecule has 0 radical (unpaired) electrons. The van der Waals surface area contributed by atoms with Crippen molar-refractivity contribution in [3.63, 3.8) is 0 Å². The van der Waals surface area contributed by atoms with E-state index < -0.39 is 14.8 Å². The second-order valence-corrected chi connectivity index (χ2v) is 8.32. The summed E-state index contributed by atoms with van der Waals surface area (Å²) in [4.78, 5) is 4.09. The Morgan fingerprint density at radius 3 is 2.67 bits per heavy atom. The third kappa shape index (κ3) is 2.29. The summed E-state index contributed by atoms with van der Waals surface area (Å²) >= 11 is 0. The molecule has 18 heavy (non-hydrogen) atoms. The molecule has 1 aliphatic heterocycles. The van der Waals surface area contributed by atoms with Crippen LogP contribution in [0.5, 0.6) is 0 Å². The second kappa shape index (κ2) is 4.63. The Bertz CT molecular complexity index is 506. The minimum Gasteiger partial charge on any atom is -0.264 e. The van der Waals surface area contributed by atoms with E-state index in [9.17, 15) is 8.42 Å². The number of hydrogen-bond donors (Lipinski definition) is 0. The Hall–Kier alpha value is -0.940. The van der Waals surface area contributed by atoms with Crippen molar-refractivity contribution in [2.45, 2.75) is 44.4 Å². The van der Waals surface area contributed by atoms with Gasteiger partial charge in [-0.15, -0.1) is 0 Å². The fraction of sp³-hybridized carbons (Fsp3) is 0.615. The maximum atomic E-state index is 12.5. The molecule has 1 saturated heterocycles. The quantitative estimate of drug-likeness (QED) is 0.827. The van der Waals surface area contributed by atoms with Crippen LogP contribution in [-0.2, 0) is 10.0 Å². The highest BCUT2D eigenvalue weighted by molar-refractivity contribution is 7.90. The van der Waals surface area contributed by atoms with Crippen molar-refractivity contribution < 1.29 is 8.42 Å². The molecule has 100 valence electrons. The third-order valence-corrected chi connectivity index (χ3v) is 5.96. The van der Waals surface area contributed by atoms with Gasteiger partial charge in [-0.2, -0.15) is 4.31 Å². The Labute approximate surface area is 109 Å². The van der Waals surface area contributed by atoms with Gasteiger partial charge in [0.05, 0.1) is 10.8 Å². The van der Waals surface area contributed by atoms with Crippen molar-refractivity contribution in [1.82, 2.24) is 9.29 Å². The van der Waals surface area contributed by atoms with E-state index in [0.29, 0.717) is 6.54 Å². The van der Waals surface area contributed by atoms with Crippen LogP contribution in [0.4, 0.5) is 0 Å². The summed E-state index contributed by atoms with van der Waals surface area (Å²) in [5.74, 6) is 0. The van der Waals surface area contributed by atoms with Crippen molar-refractivity contribution in [2.75, 3.05) is 6.54 Å². The van der Waals surface area contributed by atoms with Crippen molar-refractivity contribution in [3.05, 3.63) is 30.1 Å². The van der Waals surface area contributed by atoms with Gasteiger partial charge in [-0.3, -0.25) is 4.98 Å². The fourth-order valence-corrected chi connectivity index (χ4v) is 3.92. The van der Waals surface area contributed by atoms with Crippen LogP contribution in [0.3, 0.4) is 0 Å². The lowest BCUT2D eigenvalue weighted by Crippen LogP contribution is -2.42. The first-order valence-electron chi connectivity index (χ1n) is 6.25. The summed E-state index contributed by atoms with van der Waals surface area (Å²) in [6.45, 7) is 5.86. The number of sulfonamides is 1. The molecular formula is C13H20N2O2S. The van der Waals surface area contributed by atoms with Gasteiger partial charge in [-0.1, -0.05) is 6.07 Å². The topological polar surface area (TPSA) is 50.3 Å². The lowest BCUT2D eigenvalue weighted by atomic mass is 10.1. The molecule has 2 heterocycles. The van der Waals surface area contributed by atoms with Crippen LogP contribution < -0.4 is 0 Å². The van der Waals surface area contributed by atoms with Crippen LogP contribution in [0.1, 0.15) is 45.2 Å². The molecule has 5 heteroatoms. The average Bonchev–Trinajstić information content (AvgIpc) is 2.78. The minimum absolute atomic E-state index is 0.0528. The number of aromatic nitrogens is 1. The van der Waals surface area contributed by atoms with Crippen LogP contribution in [0, 0.1) is 0 Å². The van der Waals surface area contributed by atoms with E-state index in [0.717, 1.165) is 18.4 Å². The molecule has 1 atom stereocenters. The SMILES string of the molecule is CC(C)(C)S(=O)(=O)N1CCC[C@H]1c1cccnc1. The smallest absolute Gasteiger partial charge is 0.219 e. The highest BCUT2D eigenvalue weighted by Crippen LogP contribution is 2.37. The Morgan fingerprint density at radius 2 is 2.11 bits per heavy atom. The van der Waals surface area contributed by atoms with Gasteiger partial charge in [0.15, 0.2) is 0 Å². The number of nitrogens with zero attached hydrogens (tertiary/aromatic N) is 2. The maximum Gasteiger partial charge on any atom is 0.219 e. The van der Waals surface area contributed by atoms with Gasteiger partial charge >= 0.3 is 0 Å². The molecule has 1 aromatic rings. The van der Waals surface area contributed by atoms with Crippen LogP contribution in [0.15, 0.2) is 24.5 Å². The van der Waals surface area contributed by atoms with Gasteiger partial charge in [-0.05, 0) is 45.2 Å². The first-order valence-corrected chi connectivity index (χ1v) is 7.69. The molecule has 0 aromatic carbocycles. The van der Waals surface area contributed by atoms with E-state index in [1.165, 1.54) is 0 Å². The van der Waals surface area contributed by atoms with E-state index in [1.807, 2.05) is 12.1 Å². The zero-order valence-electron chi connectivity index (χ0n) is 11.1. The molecule has 1 fully saturated rings. The standard InChI is InChI=1S/C13H20N2O2S/c1-13(2,3)18(16,17)15-9-5-7-12(15)11-6-4-8-14-10-11/h4,6,8,10,12H,5,7,9H2,1-3H3/t12-/m0/s1. The monoisotopic (exact) mass is 268 g/mol. The van der Waals surface area contributed by atoms with Gasteiger partial charge < -0.3 is 0 Å². The Balaban J connectivity index is 2.35. The highest BCUT2D eigenvalue weighted by atomic mass is 32.2. The predicted molar refractivity (Wildman–Crippen MR) is 71.6 cm³/mol. The van der Waals surface area contributed by atoms with Crippen molar-refractivity contribution in [2.24, 2.45) is 0 Å². The lowest BCUT2D eigenvalue weighted by Gasteiger charge is -2.31. The van der Waals surface area contributed by atoms with Crippen LogP contribution >= 0.6 is 0 Å². The summed E-state index contributed by atoms with van der Waals surface area (Å²) < 4.78 is 26.0. The van der Waals surface area contributed by atoms with Crippen LogP contribution in [-0.4, -0.2) is 29.0 Å². The van der Waals surface area contributed by atoms with E-state index in [-0.39, 0.29) is 6.04 Å². The van der Waals surface area contributed by atoms with Crippen LogP contribution in [0.2, 0.25) is 0 Å². The summed E-state index contributed by atoms with van der Waals surface area (Å²) in [6, 6.07) is 3.76. The zero-order valence-corrected chi connectivity index (χ0v) is 11.9. The van der Waals surface area contributed by atoms with E-state index in [4.69, 9.17) is 0 Å². The second-order valence-electron chi connectivity index (χ2n) is 5.67. The number of hydrogen-bond acceptors (Lipinski definition) is 3. The summed E-state index contributed by atoms with van der Waals surface area (Å²) in [5, 5.41) is 0. The van der Waals surface area contributed by atoms with Crippen LogP contribution in [0.25, 0.3) is 0 Å². The summed E-state index contributed by atoms with van der Waals surface area (Å²) in [7, 11) is -3.27. The zero-order chi connectivity index (χ0) is 13.4. The number of pyridine rings is 1. The Kier molecular flexibility index (Phi) is 3.47.